The molecule has 1 N–H and O–H groups in total. The summed E-state index contributed by atoms with van der Waals surface area (Å²) in [5, 5.41) is 11.4. The second-order valence-electron chi connectivity index (χ2n) is 8.65. The first-order valence-corrected chi connectivity index (χ1v) is 11.7. The molecule has 166 valence electrons. The summed E-state index contributed by atoms with van der Waals surface area (Å²) in [4.78, 5) is 14.8. The number of piperidine rings is 1. The second-order valence-corrected chi connectivity index (χ2v) is 8.65. The van der Waals surface area contributed by atoms with E-state index in [4.69, 9.17) is 0 Å². The van der Waals surface area contributed by atoms with Gasteiger partial charge < -0.3 is 10.2 Å². The number of carbonyl (C=O) groups is 1. The molecule has 0 spiro atoms. The van der Waals surface area contributed by atoms with E-state index in [0.29, 0.717) is 11.6 Å². The molecule has 1 aliphatic heterocycles. The van der Waals surface area contributed by atoms with Crippen LogP contribution in [-0.2, 0) is 12.8 Å². The van der Waals surface area contributed by atoms with E-state index in [-0.39, 0.29) is 5.91 Å². The summed E-state index contributed by atoms with van der Waals surface area (Å²) in [5.41, 5.74) is 3.82. The SMILES string of the molecule is CCCCc1ccc(NC(=O)c2ccc(N3CCC(Cc4ccccc4)CC3)nn2)cc1. The zero-order valence-corrected chi connectivity index (χ0v) is 18.8. The summed E-state index contributed by atoms with van der Waals surface area (Å²) in [5.74, 6) is 1.33. The molecule has 0 unspecified atom stereocenters. The van der Waals surface area contributed by atoms with Crippen LogP contribution in [0.15, 0.2) is 66.7 Å². The lowest BCUT2D eigenvalue weighted by Gasteiger charge is -2.32. The monoisotopic (exact) mass is 428 g/mol. The maximum absolute atomic E-state index is 12.5. The molecule has 0 radical (unpaired) electrons. The summed E-state index contributed by atoms with van der Waals surface area (Å²) in [6.45, 7) is 4.14. The van der Waals surface area contributed by atoms with Crippen molar-refractivity contribution in [2.75, 3.05) is 23.3 Å². The molecule has 1 amide bonds. The Balaban J connectivity index is 1.28. The summed E-state index contributed by atoms with van der Waals surface area (Å²) in [6, 6.07) is 22.4. The number of anilines is 2. The lowest BCUT2D eigenvalue weighted by molar-refractivity contribution is 0.102. The lowest BCUT2D eigenvalue weighted by Crippen LogP contribution is -2.35. The smallest absolute Gasteiger partial charge is 0.276 e. The van der Waals surface area contributed by atoms with Crippen LogP contribution in [-0.4, -0.2) is 29.2 Å². The number of hydrogen-bond donors (Lipinski definition) is 1. The normalized spacial score (nSPS) is 14.3. The first-order valence-electron chi connectivity index (χ1n) is 11.7. The van der Waals surface area contributed by atoms with E-state index < -0.39 is 0 Å². The molecule has 2 heterocycles. The largest absolute Gasteiger partial charge is 0.355 e. The first-order chi connectivity index (χ1) is 15.7. The molecule has 4 rings (SSSR count). The fourth-order valence-corrected chi connectivity index (χ4v) is 4.26. The maximum Gasteiger partial charge on any atom is 0.276 e. The van der Waals surface area contributed by atoms with Gasteiger partial charge in [0.15, 0.2) is 11.5 Å². The van der Waals surface area contributed by atoms with Crippen LogP contribution in [0.4, 0.5) is 11.5 Å². The van der Waals surface area contributed by atoms with E-state index in [1.54, 1.807) is 6.07 Å². The van der Waals surface area contributed by atoms with Gasteiger partial charge in [0.1, 0.15) is 0 Å². The Morgan fingerprint density at radius 1 is 0.938 bits per heavy atom. The molecular weight excluding hydrogens is 396 g/mol. The molecule has 5 nitrogen and oxygen atoms in total. The standard InChI is InChI=1S/C27H32N4O/c1-2-3-7-21-10-12-24(13-11-21)28-27(32)25-14-15-26(30-29-25)31-18-16-23(17-19-31)20-22-8-5-4-6-9-22/h4-6,8-15,23H,2-3,7,16-20H2,1H3,(H,28,32). The molecule has 0 aliphatic carbocycles. The number of nitrogens with one attached hydrogen (secondary N) is 1. The highest BCUT2D eigenvalue weighted by atomic mass is 16.1. The number of aryl methyl sites for hydroxylation is 1. The predicted molar refractivity (Wildman–Crippen MR) is 130 cm³/mol. The van der Waals surface area contributed by atoms with Gasteiger partial charge in [0.25, 0.3) is 5.91 Å². The summed E-state index contributed by atoms with van der Waals surface area (Å²) in [7, 11) is 0. The molecule has 1 aromatic heterocycles. The number of unbranched alkanes of at least 4 members (excludes halogenated alkanes) is 1. The van der Waals surface area contributed by atoms with Crippen molar-refractivity contribution in [2.45, 2.75) is 45.4 Å². The van der Waals surface area contributed by atoms with E-state index in [2.05, 4.69) is 69.8 Å². The van der Waals surface area contributed by atoms with Crippen molar-refractivity contribution in [3.63, 3.8) is 0 Å². The van der Waals surface area contributed by atoms with Crippen molar-refractivity contribution >= 4 is 17.4 Å². The summed E-state index contributed by atoms with van der Waals surface area (Å²) < 4.78 is 0. The molecule has 0 bridgehead atoms. The Morgan fingerprint density at radius 2 is 1.69 bits per heavy atom. The zero-order chi connectivity index (χ0) is 22.2. The van der Waals surface area contributed by atoms with Crippen molar-refractivity contribution in [3.8, 4) is 0 Å². The third-order valence-electron chi connectivity index (χ3n) is 6.22. The van der Waals surface area contributed by atoms with Gasteiger partial charge in [-0.05, 0) is 73.4 Å². The molecule has 1 aliphatic rings. The van der Waals surface area contributed by atoms with Gasteiger partial charge in [-0.15, -0.1) is 10.2 Å². The van der Waals surface area contributed by atoms with E-state index >= 15 is 0 Å². The molecule has 5 heteroatoms. The maximum atomic E-state index is 12.5. The van der Waals surface area contributed by atoms with Crippen LogP contribution < -0.4 is 10.2 Å². The lowest BCUT2D eigenvalue weighted by atomic mass is 9.90. The highest BCUT2D eigenvalue weighted by Gasteiger charge is 2.21. The van der Waals surface area contributed by atoms with Crippen LogP contribution in [0, 0.1) is 5.92 Å². The molecule has 2 aromatic carbocycles. The van der Waals surface area contributed by atoms with E-state index in [9.17, 15) is 4.79 Å². The van der Waals surface area contributed by atoms with Gasteiger partial charge in [0.05, 0.1) is 0 Å². The number of aromatic nitrogens is 2. The topological polar surface area (TPSA) is 58.1 Å². The number of carbonyl (C=O) groups excluding carboxylic acids is 1. The van der Waals surface area contributed by atoms with Crippen LogP contribution in [0.2, 0.25) is 0 Å². The third kappa shape index (κ3) is 5.94. The van der Waals surface area contributed by atoms with E-state index in [1.165, 1.54) is 24.0 Å². The minimum absolute atomic E-state index is 0.230. The average Bonchev–Trinajstić information content (AvgIpc) is 2.85. The first kappa shape index (κ1) is 22.0. The van der Waals surface area contributed by atoms with E-state index in [0.717, 1.165) is 50.3 Å². The fraction of sp³-hybridized carbons (Fsp3) is 0.370. The molecule has 1 fully saturated rings. The summed E-state index contributed by atoms with van der Waals surface area (Å²) >= 11 is 0. The van der Waals surface area contributed by atoms with Gasteiger partial charge in [-0.1, -0.05) is 55.8 Å². The Bertz CT molecular complexity index is 978. The Labute approximate surface area is 190 Å². The average molecular weight is 429 g/mol. The Morgan fingerprint density at radius 3 is 2.34 bits per heavy atom. The fourth-order valence-electron chi connectivity index (χ4n) is 4.26. The van der Waals surface area contributed by atoms with Crippen molar-refractivity contribution < 1.29 is 4.79 Å². The van der Waals surface area contributed by atoms with Gasteiger partial charge in [-0.2, -0.15) is 0 Å². The molecule has 0 atom stereocenters. The number of amides is 1. The van der Waals surface area contributed by atoms with Gasteiger partial charge >= 0.3 is 0 Å². The molecule has 3 aromatic rings. The van der Waals surface area contributed by atoms with Crippen LogP contribution >= 0.6 is 0 Å². The van der Waals surface area contributed by atoms with Gasteiger partial charge in [-0.25, -0.2) is 0 Å². The second kappa shape index (κ2) is 10.9. The van der Waals surface area contributed by atoms with Crippen LogP contribution in [0.1, 0.15) is 54.2 Å². The van der Waals surface area contributed by atoms with Crippen molar-refractivity contribution in [1.82, 2.24) is 10.2 Å². The number of rotatable bonds is 8. The quantitative estimate of drug-likeness (QED) is 0.512. The molecule has 1 saturated heterocycles. The van der Waals surface area contributed by atoms with Gasteiger partial charge in [0.2, 0.25) is 0 Å². The summed E-state index contributed by atoms with van der Waals surface area (Å²) in [6.07, 6.45) is 6.86. The van der Waals surface area contributed by atoms with Gasteiger partial charge in [-0.3, -0.25) is 4.79 Å². The number of nitrogens with zero attached hydrogens (tertiary/aromatic N) is 3. The molecular formula is C27H32N4O. The number of hydrogen-bond acceptors (Lipinski definition) is 4. The predicted octanol–water partition coefficient (Wildman–Crippen LogP) is 5.53. The Hall–Kier alpha value is -3.21. The third-order valence-corrected chi connectivity index (χ3v) is 6.22. The molecule has 0 saturated carbocycles. The van der Waals surface area contributed by atoms with Crippen molar-refractivity contribution in [3.05, 3.63) is 83.6 Å². The highest BCUT2D eigenvalue weighted by molar-refractivity contribution is 6.02. The Kier molecular flexibility index (Phi) is 7.49. The van der Waals surface area contributed by atoms with Crippen molar-refractivity contribution in [2.24, 2.45) is 5.92 Å². The van der Waals surface area contributed by atoms with Gasteiger partial charge in [0, 0.05) is 18.8 Å². The molecule has 32 heavy (non-hydrogen) atoms. The van der Waals surface area contributed by atoms with Crippen LogP contribution in [0.5, 0.6) is 0 Å². The van der Waals surface area contributed by atoms with Crippen molar-refractivity contribution in [1.29, 1.82) is 0 Å². The van der Waals surface area contributed by atoms with Crippen LogP contribution in [0.3, 0.4) is 0 Å². The highest BCUT2D eigenvalue weighted by Crippen LogP contribution is 2.24. The number of benzene rings is 2. The minimum atomic E-state index is -0.230. The van der Waals surface area contributed by atoms with E-state index in [1.807, 2.05) is 18.2 Å². The minimum Gasteiger partial charge on any atom is -0.355 e. The van der Waals surface area contributed by atoms with Crippen LogP contribution in [0.25, 0.3) is 0 Å². The zero-order valence-electron chi connectivity index (χ0n) is 18.8.